The van der Waals surface area contributed by atoms with Crippen LogP contribution in [0.1, 0.15) is 43.6 Å². The molecule has 0 unspecified atom stereocenters. The summed E-state index contributed by atoms with van der Waals surface area (Å²) in [5.74, 6) is -0.248. The number of carbonyl (C=O) groups is 1. The van der Waals surface area contributed by atoms with Gasteiger partial charge in [-0.1, -0.05) is 19.1 Å². The first-order valence-electron chi connectivity index (χ1n) is 9.30. The van der Waals surface area contributed by atoms with E-state index in [0.717, 1.165) is 29.0 Å². The zero-order valence-electron chi connectivity index (χ0n) is 16.2. The number of benzene rings is 1. The summed E-state index contributed by atoms with van der Waals surface area (Å²) in [6.45, 7) is 7.97. The van der Waals surface area contributed by atoms with E-state index in [2.05, 4.69) is 15.4 Å². The molecule has 6 heteroatoms. The van der Waals surface area contributed by atoms with E-state index in [1.165, 1.54) is 12.1 Å². The maximum Gasteiger partial charge on any atom is 0.220 e. The van der Waals surface area contributed by atoms with E-state index in [1.807, 2.05) is 39.8 Å². The Hall–Kier alpha value is -2.76. The highest BCUT2D eigenvalue weighted by molar-refractivity contribution is 5.76. The lowest BCUT2D eigenvalue weighted by Gasteiger charge is -2.13. The van der Waals surface area contributed by atoms with E-state index < -0.39 is 0 Å². The topological polar surface area (TPSA) is 59.3 Å². The first kappa shape index (κ1) is 19.0. The van der Waals surface area contributed by atoms with Gasteiger partial charge >= 0.3 is 0 Å². The van der Waals surface area contributed by atoms with Gasteiger partial charge in [-0.2, -0.15) is 5.10 Å². The molecule has 0 aliphatic carbocycles. The number of rotatable bonds is 6. The Bertz CT molecular complexity index is 980. The Labute approximate surface area is 158 Å². The summed E-state index contributed by atoms with van der Waals surface area (Å²) in [5.41, 5.74) is 4.98. The second kappa shape index (κ2) is 7.86. The molecule has 2 aromatic heterocycles. The minimum absolute atomic E-state index is 0.0455. The fraction of sp³-hybridized carbons (Fsp3) is 0.381. The van der Waals surface area contributed by atoms with Gasteiger partial charge < -0.3 is 5.32 Å². The van der Waals surface area contributed by atoms with Crippen LogP contribution in [0.2, 0.25) is 0 Å². The summed E-state index contributed by atoms with van der Waals surface area (Å²) in [7, 11) is 0. The number of amides is 1. The molecule has 0 fully saturated rings. The monoisotopic (exact) mass is 368 g/mol. The van der Waals surface area contributed by atoms with Crippen LogP contribution in [0.5, 0.6) is 0 Å². The molecule has 3 aromatic rings. The van der Waals surface area contributed by atoms with Crippen molar-refractivity contribution in [2.75, 3.05) is 0 Å². The van der Waals surface area contributed by atoms with Crippen molar-refractivity contribution in [3.63, 3.8) is 0 Å². The Morgan fingerprint density at radius 2 is 2.07 bits per heavy atom. The fourth-order valence-electron chi connectivity index (χ4n) is 3.16. The second-order valence-corrected chi connectivity index (χ2v) is 6.95. The Kier molecular flexibility index (Phi) is 5.54. The first-order valence-corrected chi connectivity index (χ1v) is 9.30. The number of nitrogens with one attached hydrogen (secondary N) is 1. The summed E-state index contributed by atoms with van der Waals surface area (Å²) >= 11 is 0. The number of aromatic nitrogens is 3. The van der Waals surface area contributed by atoms with Crippen molar-refractivity contribution in [1.29, 1.82) is 0 Å². The standard InChI is InChI=1S/C21H25FN4O/c1-5-13(2)23-21(27)10-9-18-14(3)24-20-12-19(25-26(20)15(18)4)16-7-6-8-17(22)11-16/h6-8,11-13H,5,9-10H2,1-4H3,(H,23,27)/t13-/m0/s1. The van der Waals surface area contributed by atoms with Crippen LogP contribution in [0.15, 0.2) is 30.3 Å². The maximum absolute atomic E-state index is 13.5. The first-order chi connectivity index (χ1) is 12.9. The number of nitrogens with zero attached hydrogens (tertiary/aromatic N) is 3. The van der Waals surface area contributed by atoms with Gasteiger partial charge in [0, 0.05) is 35.5 Å². The average molecular weight is 368 g/mol. The van der Waals surface area contributed by atoms with Crippen LogP contribution in [0.3, 0.4) is 0 Å². The molecule has 2 heterocycles. The summed E-state index contributed by atoms with van der Waals surface area (Å²) in [4.78, 5) is 16.7. The molecule has 142 valence electrons. The van der Waals surface area contributed by atoms with Crippen LogP contribution < -0.4 is 5.32 Å². The van der Waals surface area contributed by atoms with Crippen LogP contribution in [0.25, 0.3) is 16.9 Å². The predicted octanol–water partition coefficient (Wildman–Crippen LogP) is 4.00. The fourth-order valence-corrected chi connectivity index (χ4v) is 3.16. The molecule has 1 N–H and O–H groups in total. The lowest BCUT2D eigenvalue weighted by Crippen LogP contribution is -2.32. The van der Waals surface area contributed by atoms with E-state index >= 15 is 0 Å². The molecule has 0 aliphatic heterocycles. The van der Waals surface area contributed by atoms with Crippen LogP contribution in [-0.2, 0) is 11.2 Å². The highest BCUT2D eigenvalue weighted by atomic mass is 19.1. The quantitative estimate of drug-likeness (QED) is 0.715. The molecule has 0 saturated heterocycles. The highest BCUT2D eigenvalue weighted by Gasteiger charge is 2.15. The number of halogens is 1. The molecule has 1 atom stereocenters. The highest BCUT2D eigenvalue weighted by Crippen LogP contribution is 2.23. The van der Waals surface area contributed by atoms with E-state index in [4.69, 9.17) is 0 Å². The summed E-state index contributed by atoms with van der Waals surface area (Å²) < 4.78 is 15.3. The summed E-state index contributed by atoms with van der Waals surface area (Å²) in [6, 6.07) is 8.41. The third-order valence-corrected chi connectivity index (χ3v) is 4.91. The van der Waals surface area contributed by atoms with Gasteiger partial charge in [0.25, 0.3) is 0 Å². The lowest BCUT2D eigenvalue weighted by atomic mass is 10.1. The van der Waals surface area contributed by atoms with Gasteiger partial charge in [0.05, 0.1) is 5.69 Å². The third kappa shape index (κ3) is 4.15. The van der Waals surface area contributed by atoms with Gasteiger partial charge in [0.1, 0.15) is 5.82 Å². The minimum atomic E-state index is -0.293. The van der Waals surface area contributed by atoms with Gasteiger partial charge in [0.2, 0.25) is 5.91 Å². The maximum atomic E-state index is 13.5. The zero-order chi connectivity index (χ0) is 19.6. The van der Waals surface area contributed by atoms with E-state index in [1.54, 1.807) is 10.6 Å². The molecular formula is C21H25FN4O. The molecule has 0 aliphatic rings. The molecule has 0 saturated carbocycles. The Morgan fingerprint density at radius 3 is 2.78 bits per heavy atom. The van der Waals surface area contributed by atoms with Crippen LogP contribution in [0, 0.1) is 19.7 Å². The number of hydrogen-bond acceptors (Lipinski definition) is 3. The van der Waals surface area contributed by atoms with Gasteiger partial charge in [-0.25, -0.2) is 13.9 Å². The predicted molar refractivity (Wildman–Crippen MR) is 104 cm³/mol. The van der Waals surface area contributed by atoms with Crippen molar-refractivity contribution < 1.29 is 9.18 Å². The molecular weight excluding hydrogens is 343 g/mol. The third-order valence-electron chi connectivity index (χ3n) is 4.91. The number of hydrogen-bond donors (Lipinski definition) is 1. The normalized spacial score (nSPS) is 12.3. The van der Waals surface area contributed by atoms with Crippen molar-refractivity contribution >= 4 is 11.6 Å². The SMILES string of the molecule is CC[C@H](C)NC(=O)CCc1c(C)nc2cc(-c3cccc(F)c3)nn2c1C. The minimum Gasteiger partial charge on any atom is -0.354 e. The molecule has 1 aromatic carbocycles. The number of fused-ring (bicyclic) bond motifs is 1. The molecule has 27 heavy (non-hydrogen) atoms. The summed E-state index contributed by atoms with van der Waals surface area (Å²) in [6.07, 6.45) is 1.93. The lowest BCUT2D eigenvalue weighted by molar-refractivity contribution is -0.121. The van der Waals surface area contributed by atoms with Crippen LogP contribution in [0.4, 0.5) is 4.39 Å². The van der Waals surface area contributed by atoms with Crippen molar-refractivity contribution in [2.45, 2.75) is 53.0 Å². The van der Waals surface area contributed by atoms with Crippen molar-refractivity contribution in [2.24, 2.45) is 0 Å². The van der Waals surface area contributed by atoms with Gasteiger partial charge in [0.15, 0.2) is 5.65 Å². The number of carbonyl (C=O) groups excluding carboxylic acids is 1. The van der Waals surface area contributed by atoms with Gasteiger partial charge in [-0.05, 0) is 51.3 Å². The smallest absolute Gasteiger partial charge is 0.220 e. The van der Waals surface area contributed by atoms with Gasteiger partial charge in [-0.3, -0.25) is 4.79 Å². The van der Waals surface area contributed by atoms with Crippen molar-refractivity contribution in [3.8, 4) is 11.3 Å². The molecule has 0 radical (unpaired) electrons. The van der Waals surface area contributed by atoms with E-state index in [0.29, 0.717) is 24.1 Å². The van der Waals surface area contributed by atoms with E-state index in [9.17, 15) is 9.18 Å². The Balaban J connectivity index is 1.88. The number of aryl methyl sites for hydroxylation is 2. The molecule has 5 nitrogen and oxygen atoms in total. The zero-order valence-corrected chi connectivity index (χ0v) is 16.2. The van der Waals surface area contributed by atoms with Crippen molar-refractivity contribution in [3.05, 3.63) is 53.1 Å². The van der Waals surface area contributed by atoms with E-state index in [-0.39, 0.29) is 17.8 Å². The van der Waals surface area contributed by atoms with Gasteiger partial charge in [-0.15, -0.1) is 0 Å². The molecule has 1 amide bonds. The largest absolute Gasteiger partial charge is 0.354 e. The van der Waals surface area contributed by atoms with Crippen molar-refractivity contribution in [1.82, 2.24) is 19.9 Å². The van der Waals surface area contributed by atoms with Crippen LogP contribution >= 0.6 is 0 Å². The second-order valence-electron chi connectivity index (χ2n) is 6.95. The average Bonchev–Trinajstić information content (AvgIpc) is 3.05. The Morgan fingerprint density at radius 1 is 1.30 bits per heavy atom. The van der Waals surface area contributed by atoms with Crippen LogP contribution in [-0.4, -0.2) is 26.5 Å². The molecule has 0 bridgehead atoms. The molecule has 3 rings (SSSR count). The molecule has 0 spiro atoms. The summed E-state index contributed by atoms with van der Waals surface area (Å²) in [5, 5.41) is 7.59.